The SMILES string of the molecule is CC(C)C1CNC(C(C)(C)C)CN1c1cc(F)cc(Cl)c1. The van der Waals surface area contributed by atoms with Crippen LogP contribution in [0.1, 0.15) is 34.6 Å². The third-order valence-electron chi connectivity index (χ3n) is 4.35. The Morgan fingerprint density at radius 2 is 1.95 bits per heavy atom. The van der Waals surface area contributed by atoms with Crippen molar-refractivity contribution in [3.05, 3.63) is 29.0 Å². The predicted octanol–water partition coefficient (Wildman–Crippen LogP) is 4.33. The third kappa shape index (κ3) is 3.89. The van der Waals surface area contributed by atoms with Crippen LogP contribution < -0.4 is 10.2 Å². The van der Waals surface area contributed by atoms with Crippen LogP contribution in [0.15, 0.2) is 18.2 Å². The van der Waals surface area contributed by atoms with E-state index in [1.165, 1.54) is 6.07 Å². The Morgan fingerprint density at radius 3 is 2.48 bits per heavy atom. The molecule has 1 heterocycles. The minimum atomic E-state index is -0.272. The predicted molar refractivity (Wildman–Crippen MR) is 88.6 cm³/mol. The highest BCUT2D eigenvalue weighted by atomic mass is 35.5. The minimum absolute atomic E-state index is 0.164. The van der Waals surface area contributed by atoms with Gasteiger partial charge in [0.15, 0.2) is 0 Å². The van der Waals surface area contributed by atoms with E-state index in [1.54, 1.807) is 6.07 Å². The van der Waals surface area contributed by atoms with Crippen LogP contribution in [0.25, 0.3) is 0 Å². The Balaban J connectivity index is 2.33. The number of piperazine rings is 1. The van der Waals surface area contributed by atoms with E-state index in [0.29, 0.717) is 23.0 Å². The second kappa shape index (κ2) is 6.13. The average Bonchev–Trinajstić information content (AvgIpc) is 2.35. The lowest BCUT2D eigenvalue weighted by atomic mass is 9.83. The first kappa shape index (κ1) is 16.6. The number of hydrogen-bond donors (Lipinski definition) is 1. The largest absolute Gasteiger partial charge is 0.365 e. The number of nitrogens with zero attached hydrogens (tertiary/aromatic N) is 1. The summed E-state index contributed by atoms with van der Waals surface area (Å²) in [6.07, 6.45) is 0. The Labute approximate surface area is 132 Å². The molecule has 0 aromatic heterocycles. The lowest BCUT2D eigenvalue weighted by Gasteiger charge is -2.47. The van der Waals surface area contributed by atoms with E-state index in [9.17, 15) is 4.39 Å². The monoisotopic (exact) mass is 312 g/mol. The van der Waals surface area contributed by atoms with Crippen molar-refractivity contribution in [3.8, 4) is 0 Å². The summed E-state index contributed by atoms with van der Waals surface area (Å²) in [7, 11) is 0. The molecule has 0 saturated carbocycles. The molecule has 1 saturated heterocycles. The standard InChI is InChI=1S/C17H26ClFN2/c1-11(2)15-9-20-16(17(3,4)5)10-21(15)14-7-12(18)6-13(19)8-14/h6-8,11,15-16,20H,9-10H2,1-5H3. The van der Waals surface area contributed by atoms with Crippen LogP contribution in [0.4, 0.5) is 10.1 Å². The first-order valence-electron chi connectivity index (χ1n) is 7.64. The van der Waals surface area contributed by atoms with Gasteiger partial charge in [-0.05, 0) is 29.5 Å². The van der Waals surface area contributed by atoms with Crippen LogP contribution in [-0.4, -0.2) is 25.2 Å². The molecular weight excluding hydrogens is 287 g/mol. The average molecular weight is 313 g/mol. The lowest BCUT2D eigenvalue weighted by Crippen LogP contribution is -2.62. The maximum atomic E-state index is 13.7. The summed E-state index contributed by atoms with van der Waals surface area (Å²) < 4.78 is 13.7. The van der Waals surface area contributed by atoms with Crippen molar-refractivity contribution in [2.45, 2.75) is 46.7 Å². The molecule has 0 bridgehead atoms. The molecule has 2 atom stereocenters. The maximum absolute atomic E-state index is 13.7. The molecule has 1 aliphatic heterocycles. The van der Waals surface area contributed by atoms with Gasteiger partial charge in [-0.25, -0.2) is 4.39 Å². The smallest absolute Gasteiger partial charge is 0.126 e. The van der Waals surface area contributed by atoms with Gasteiger partial charge in [-0.15, -0.1) is 0 Å². The van der Waals surface area contributed by atoms with Gasteiger partial charge in [-0.3, -0.25) is 0 Å². The number of anilines is 1. The van der Waals surface area contributed by atoms with E-state index in [0.717, 1.165) is 18.8 Å². The molecule has 4 heteroatoms. The van der Waals surface area contributed by atoms with E-state index in [4.69, 9.17) is 11.6 Å². The van der Waals surface area contributed by atoms with Gasteiger partial charge >= 0.3 is 0 Å². The van der Waals surface area contributed by atoms with Crippen LogP contribution in [0.5, 0.6) is 0 Å². The molecule has 118 valence electrons. The molecule has 1 N–H and O–H groups in total. The second-order valence-electron chi connectivity index (χ2n) is 7.42. The summed E-state index contributed by atoms with van der Waals surface area (Å²) in [4.78, 5) is 2.31. The fourth-order valence-corrected chi connectivity index (χ4v) is 3.16. The molecule has 2 nitrogen and oxygen atoms in total. The molecule has 0 aliphatic carbocycles. The Morgan fingerprint density at radius 1 is 1.29 bits per heavy atom. The van der Waals surface area contributed by atoms with Crippen molar-refractivity contribution in [2.24, 2.45) is 11.3 Å². The van der Waals surface area contributed by atoms with Crippen molar-refractivity contribution >= 4 is 17.3 Å². The Hall–Kier alpha value is -0.800. The van der Waals surface area contributed by atoms with Gasteiger partial charge in [0.25, 0.3) is 0 Å². The Kier molecular flexibility index (Phi) is 4.84. The van der Waals surface area contributed by atoms with Crippen molar-refractivity contribution in [2.75, 3.05) is 18.0 Å². The van der Waals surface area contributed by atoms with E-state index in [-0.39, 0.29) is 11.2 Å². The third-order valence-corrected chi connectivity index (χ3v) is 4.57. The highest BCUT2D eigenvalue weighted by Crippen LogP contribution is 2.31. The number of halogens is 2. The molecule has 1 aliphatic rings. The molecule has 2 unspecified atom stereocenters. The number of rotatable bonds is 2. The van der Waals surface area contributed by atoms with Crippen LogP contribution in [0, 0.1) is 17.2 Å². The van der Waals surface area contributed by atoms with Gasteiger partial charge in [0, 0.05) is 35.9 Å². The van der Waals surface area contributed by atoms with Crippen molar-refractivity contribution in [3.63, 3.8) is 0 Å². The van der Waals surface area contributed by atoms with Gasteiger partial charge in [-0.2, -0.15) is 0 Å². The molecule has 0 radical (unpaired) electrons. The number of nitrogens with one attached hydrogen (secondary N) is 1. The van der Waals surface area contributed by atoms with Crippen molar-refractivity contribution < 1.29 is 4.39 Å². The summed E-state index contributed by atoms with van der Waals surface area (Å²) in [5.41, 5.74) is 1.05. The minimum Gasteiger partial charge on any atom is -0.365 e. The lowest BCUT2D eigenvalue weighted by molar-refractivity contribution is 0.221. The summed E-state index contributed by atoms with van der Waals surface area (Å²) >= 11 is 6.04. The molecule has 1 fully saturated rings. The van der Waals surface area contributed by atoms with Crippen molar-refractivity contribution in [1.29, 1.82) is 0 Å². The summed E-state index contributed by atoms with van der Waals surface area (Å²) in [6.45, 7) is 12.9. The fourth-order valence-electron chi connectivity index (χ4n) is 2.95. The molecule has 1 aromatic rings. The van der Waals surface area contributed by atoms with Crippen molar-refractivity contribution in [1.82, 2.24) is 5.32 Å². The van der Waals surface area contributed by atoms with E-state index in [2.05, 4.69) is 44.8 Å². The van der Waals surface area contributed by atoms with Crippen LogP contribution in [-0.2, 0) is 0 Å². The maximum Gasteiger partial charge on any atom is 0.126 e. The van der Waals surface area contributed by atoms with E-state index < -0.39 is 0 Å². The highest BCUT2D eigenvalue weighted by Gasteiger charge is 2.35. The second-order valence-corrected chi connectivity index (χ2v) is 7.85. The zero-order chi connectivity index (χ0) is 15.8. The van der Waals surface area contributed by atoms with Crippen LogP contribution in [0.3, 0.4) is 0 Å². The molecule has 1 aromatic carbocycles. The molecule has 0 spiro atoms. The molecule has 2 rings (SSSR count). The van der Waals surface area contributed by atoms with E-state index in [1.807, 2.05) is 6.07 Å². The Bertz CT molecular complexity index is 476. The zero-order valence-electron chi connectivity index (χ0n) is 13.6. The zero-order valence-corrected chi connectivity index (χ0v) is 14.3. The summed E-state index contributed by atoms with van der Waals surface area (Å²) in [6, 6.07) is 5.53. The first-order valence-corrected chi connectivity index (χ1v) is 8.02. The fraction of sp³-hybridized carbons (Fsp3) is 0.647. The summed E-state index contributed by atoms with van der Waals surface area (Å²) in [5, 5.41) is 4.11. The highest BCUT2D eigenvalue weighted by molar-refractivity contribution is 6.30. The molecule has 0 amide bonds. The van der Waals surface area contributed by atoms with Crippen LogP contribution in [0.2, 0.25) is 5.02 Å². The number of benzene rings is 1. The topological polar surface area (TPSA) is 15.3 Å². The van der Waals surface area contributed by atoms with Gasteiger partial charge in [0.2, 0.25) is 0 Å². The quantitative estimate of drug-likeness (QED) is 0.874. The normalized spacial score (nSPS) is 23.7. The van der Waals surface area contributed by atoms with E-state index >= 15 is 0 Å². The number of hydrogen-bond acceptors (Lipinski definition) is 2. The van der Waals surface area contributed by atoms with Gasteiger partial charge in [0.1, 0.15) is 5.82 Å². The summed E-state index contributed by atoms with van der Waals surface area (Å²) in [5.74, 6) is 0.214. The molecule has 21 heavy (non-hydrogen) atoms. The van der Waals surface area contributed by atoms with Crippen LogP contribution >= 0.6 is 11.6 Å². The van der Waals surface area contributed by atoms with Gasteiger partial charge < -0.3 is 10.2 Å². The first-order chi connectivity index (χ1) is 9.68. The van der Waals surface area contributed by atoms with Gasteiger partial charge in [0.05, 0.1) is 0 Å². The molecular formula is C17H26ClFN2. The van der Waals surface area contributed by atoms with Gasteiger partial charge in [-0.1, -0.05) is 46.2 Å².